The monoisotopic (exact) mass is 282 g/mol. The largest absolute Gasteiger partial charge is 0.417 e. The standard InChI is InChI=1S/C15H17F3N2/c1-10-9-11(5-2-3-8-19)20-13-7-4-6-12(14(10)13)15(16,17)18/h4,6-7,9H,2-3,5,8,19H2,1H3. The minimum Gasteiger partial charge on any atom is -0.330 e. The maximum atomic E-state index is 13.0. The van der Waals surface area contributed by atoms with Gasteiger partial charge in [0.1, 0.15) is 0 Å². The van der Waals surface area contributed by atoms with Gasteiger partial charge in [0.15, 0.2) is 0 Å². The van der Waals surface area contributed by atoms with E-state index in [0.29, 0.717) is 17.6 Å². The Kier molecular flexibility index (Phi) is 4.28. The van der Waals surface area contributed by atoms with E-state index in [9.17, 15) is 13.2 Å². The van der Waals surface area contributed by atoms with Gasteiger partial charge in [-0.05, 0) is 56.5 Å². The molecular formula is C15H17F3N2. The van der Waals surface area contributed by atoms with Crippen LogP contribution in [-0.4, -0.2) is 11.5 Å². The van der Waals surface area contributed by atoms with Crippen molar-refractivity contribution in [3.05, 3.63) is 41.1 Å². The third kappa shape index (κ3) is 3.10. The first-order chi connectivity index (χ1) is 9.43. The molecule has 2 rings (SSSR count). The van der Waals surface area contributed by atoms with E-state index in [-0.39, 0.29) is 5.39 Å². The fourth-order valence-corrected chi connectivity index (χ4v) is 2.37. The van der Waals surface area contributed by atoms with E-state index in [1.165, 1.54) is 6.07 Å². The molecule has 0 amide bonds. The van der Waals surface area contributed by atoms with Crippen molar-refractivity contribution in [1.29, 1.82) is 0 Å². The topological polar surface area (TPSA) is 38.9 Å². The number of pyridine rings is 1. The summed E-state index contributed by atoms with van der Waals surface area (Å²) in [6, 6.07) is 5.88. The zero-order chi connectivity index (χ0) is 14.8. The summed E-state index contributed by atoms with van der Waals surface area (Å²) in [5.74, 6) is 0. The van der Waals surface area contributed by atoms with E-state index in [1.54, 1.807) is 19.1 Å². The molecule has 0 aliphatic rings. The highest BCUT2D eigenvalue weighted by Gasteiger charge is 2.33. The summed E-state index contributed by atoms with van der Waals surface area (Å²) in [6.07, 6.45) is -1.83. The lowest BCUT2D eigenvalue weighted by atomic mass is 10.0. The molecule has 5 heteroatoms. The smallest absolute Gasteiger partial charge is 0.330 e. The van der Waals surface area contributed by atoms with E-state index in [0.717, 1.165) is 31.0 Å². The number of hydrogen-bond donors (Lipinski definition) is 1. The number of benzene rings is 1. The zero-order valence-electron chi connectivity index (χ0n) is 11.3. The molecule has 2 N–H and O–H groups in total. The third-order valence-electron chi connectivity index (χ3n) is 3.28. The van der Waals surface area contributed by atoms with Crippen molar-refractivity contribution in [2.24, 2.45) is 5.73 Å². The summed E-state index contributed by atoms with van der Waals surface area (Å²) in [6.45, 7) is 2.32. The molecule has 0 saturated carbocycles. The van der Waals surface area contributed by atoms with Crippen LogP contribution in [0.25, 0.3) is 10.9 Å². The Hall–Kier alpha value is -1.62. The quantitative estimate of drug-likeness (QED) is 0.865. The predicted octanol–water partition coefficient (Wildman–Crippen LogP) is 3.84. The molecule has 0 spiro atoms. The van der Waals surface area contributed by atoms with Crippen LogP contribution in [0.15, 0.2) is 24.3 Å². The van der Waals surface area contributed by atoms with Crippen LogP contribution in [0.5, 0.6) is 0 Å². The number of hydrogen-bond acceptors (Lipinski definition) is 2. The Morgan fingerprint density at radius 1 is 1.20 bits per heavy atom. The molecule has 0 radical (unpaired) electrons. The van der Waals surface area contributed by atoms with Gasteiger partial charge in [-0.25, -0.2) is 0 Å². The fraction of sp³-hybridized carbons (Fsp3) is 0.400. The second-order valence-electron chi connectivity index (χ2n) is 4.87. The molecule has 2 nitrogen and oxygen atoms in total. The Bertz CT molecular complexity index is 606. The maximum absolute atomic E-state index is 13.0. The van der Waals surface area contributed by atoms with Crippen LogP contribution in [0, 0.1) is 6.92 Å². The van der Waals surface area contributed by atoms with Gasteiger partial charge in [-0.3, -0.25) is 4.98 Å². The van der Waals surface area contributed by atoms with Crippen LogP contribution >= 0.6 is 0 Å². The van der Waals surface area contributed by atoms with Gasteiger partial charge in [0.05, 0.1) is 11.1 Å². The molecule has 1 aromatic carbocycles. The number of halogens is 3. The van der Waals surface area contributed by atoms with Crippen LogP contribution in [0.2, 0.25) is 0 Å². The molecule has 0 atom stereocenters. The molecular weight excluding hydrogens is 265 g/mol. The van der Waals surface area contributed by atoms with Crippen LogP contribution in [0.1, 0.15) is 29.7 Å². The van der Waals surface area contributed by atoms with E-state index < -0.39 is 11.7 Å². The molecule has 0 aliphatic carbocycles. The lowest BCUT2D eigenvalue weighted by Crippen LogP contribution is -2.07. The van der Waals surface area contributed by atoms with Gasteiger partial charge >= 0.3 is 6.18 Å². The van der Waals surface area contributed by atoms with Gasteiger partial charge in [0.2, 0.25) is 0 Å². The highest BCUT2D eigenvalue weighted by atomic mass is 19.4. The van der Waals surface area contributed by atoms with Crippen LogP contribution in [0.3, 0.4) is 0 Å². The second kappa shape index (κ2) is 5.79. The summed E-state index contributed by atoms with van der Waals surface area (Å²) in [5, 5.41) is 0.197. The number of fused-ring (bicyclic) bond motifs is 1. The highest BCUT2D eigenvalue weighted by Crippen LogP contribution is 2.35. The van der Waals surface area contributed by atoms with Crippen molar-refractivity contribution in [2.45, 2.75) is 32.4 Å². The average Bonchev–Trinajstić information content (AvgIpc) is 2.37. The zero-order valence-corrected chi connectivity index (χ0v) is 11.3. The SMILES string of the molecule is Cc1cc(CCCCN)nc2cccc(C(F)(F)F)c12. The second-order valence-corrected chi connectivity index (χ2v) is 4.87. The van der Waals surface area contributed by atoms with Crippen molar-refractivity contribution in [1.82, 2.24) is 4.98 Å². The Morgan fingerprint density at radius 3 is 2.60 bits per heavy atom. The van der Waals surface area contributed by atoms with Gasteiger partial charge in [0.25, 0.3) is 0 Å². The maximum Gasteiger partial charge on any atom is 0.417 e. The van der Waals surface area contributed by atoms with Crippen molar-refractivity contribution in [3.63, 3.8) is 0 Å². The fourth-order valence-electron chi connectivity index (χ4n) is 2.37. The Morgan fingerprint density at radius 2 is 1.95 bits per heavy atom. The summed E-state index contributed by atoms with van der Waals surface area (Å²) in [5.41, 5.74) is 6.66. The average molecular weight is 282 g/mol. The van der Waals surface area contributed by atoms with E-state index in [1.807, 2.05) is 0 Å². The molecule has 0 bridgehead atoms. The van der Waals surface area contributed by atoms with Crippen molar-refractivity contribution < 1.29 is 13.2 Å². The predicted molar refractivity (Wildman–Crippen MR) is 73.5 cm³/mol. The normalized spacial score (nSPS) is 12.1. The molecule has 2 aromatic rings. The van der Waals surface area contributed by atoms with Crippen molar-refractivity contribution in [3.8, 4) is 0 Å². The summed E-state index contributed by atoms with van der Waals surface area (Å²) >= 11 is 0. The molecule has 1 heterocycles. The molecule has 108 valence electrons. The number of aryl methyl sites for hydroxylation is 2. The van der Waals surface area contributed by atoms with E-state index >= 15 is 0 Å². The number of alkyl halides is 3. The first-order valence-electron chi connectivity index (χ1n) is 6.60. The molecule has 0 saturated heterocycles. The van der Waals surface area contributed by atoms with Crippen LogP contribution in [-0.2, 0) is 12.6 Å². The Balaban J connectivity index is 2.47. The Labute approximate surface area is 115 Å². The number of rotatable bonds is 4. The molecule has 0 fully saturated rings. The molecule has 0 aliphatic heterocycles. The van der Waals surface area contributed by atoms with E-state index in [4.69, 9.17) is 5.73 Å². The first kappa shape index (κ1) is 14.8. The number of nitrogens with zero attached hydrogens (tertiary/aromatic N) is 1. The number of aromatic nitrogens is 1. The van der Waals surface area contributed by atoms with E-state index in [2.05, 4.69) is 4.98 Å². The number of nitrogens with two attached hydrogens (primary N) is 1. The number of unbranched alkanes of at least 4 members (excludes halogenated alkanes) is 1. The minimum atomic E-state index is -4.35. The van der Waals surface area contributed by atoms with Gasteiger partial charge < -0.3 is 5.73 Å². The van der Waals surface area contributed by atoms with Crippen molar-refractivity contribution in [2.75, 3.05) is 6.54 Å². The third-order valence-corrected chi connectivity index (χ3v) is 3.28. The van der Waals surface area contributed by atoms with Gasteiger partial charge in [-0.15, -0.1) is 0 Å². The summed E-state index contributed by atoms with van der Waals surface area (Å²) < 4.78 is 39.0. The summed E-state index contributed by atoms with van der Waals surface area (Å²) in [4.78, 5) is 4.34. The van der Waals surface area contributed by atoms with Crippen LogP contribution in [0.4, 0.5) is 13.2 Å². The van der Waals surface area contributed by atoms with Crippen molar-refractivity contribution >= 4 is 10.9 Å². The van der Waals surface area contributed by atoms with Gasteiger partial charge in [0, 0.05) is 11.1 Å². The molecule has 1 aromatic heterocycles. The lowest BCUT2D eigenvalue weighted by Gasteiger charge is -2.13. The van der Waals surface area contributed by atoms with Gasteiger partial charge in [-0.1, -0.05) is 6.07 Å². The summed E-state index contributed by atoms with van der Waals surface area (Å²) in [7, 11) is 0. The molecule has 20 heavy (non-hydrogen) atoms. The molecule has 0 unspecified atom stereocenters. The lowest BCUT2D eigenvalue weighted by molar-refractivity contribution is -0.136. The highest BCUT2D eigenvalue weighted by molar-refractivity contribution is 5.86. The first-order valence-corrected chi connectivity index (χ1v) is 6.60. The minimum absolute atomic E-state index is 0.197. The van der Waals surface area contributed by atoms with Crippen LogP contribution < -0.4 is 5.73 Å². The van der Waals surface area contributed by atoms with Gasteiger partial charge in [-0.2, -0.15) is 13.2 Å².